The summed E-state index contributed by atoms with van der Waals surface area (Å²) in [6.45, 7) is 2.56. The van der Waals surface area contributed by atoms with Gasteiger partial charge in [0.25, 0.3) is 0 Å². The molecule has 3 rings (SSSR count). The number of fused-ring (bicyclic) bond motifs is 1. The van der Waals surface area contributed by atoms with Crippen LogP contribution < -0.4 is 4.90 Å². The maximum Gasteiger partial charge on any atom is 0.311 e. The Bertz CT molecular complexity index is 464. The molecule has 1 aromatic rings. The predicted molar refractivity (Wildman–Crippen MR) is 74.7 cm³/mol. The average Bonchev–Trinajstić information content (AvgIpc) is 2.92. The van der Waals surface area contributed by atoms with Crippen LogP contribution in [0.1, 0.15) is 19.3 Å². The van der Waals surface area contributed by atoms with Crippen LogP contribution >= 0.6 is 11.3 Å². The van der Waals surface area contributed by atoms with Crippen molar-refractivity contribution in [2.45, 2.75) is 25.3 Å². The lowest BCUT2D eigenvalue weighted by Crippen LogP contribution is -2.63. The summed E-state index contributed by atoms with van der Waals surface area (Å²) in [5.74, 6) is -0.622. The number of carboxylic acids is 1. The molecule has 2 saturated heterocycles. The molecular weight excluding hydrogens is 262 g/mol. The van der Waals surface area contributed by atoms with E-state index in [2.05, 4.69) is 14.8 Å². The number of carbonyl (C=O) groups is 1. The Hall–Kier alpha value is -1.14. The van der Waals surface area contributed by atoms with E-state index in [0.717, 1.165) is 44.0 Å². The van der Waals surface area contributed by atoms with Crippen molar-refractivity contribution in [2.75, 3.05) is 31.6 Å². The van der Waals surface area contributed by atoms with Crippen LogP contribution in [0.15, 0.2) is 11.6 Å². The highest BCUT2D eigenvalue weighted by atomic mass is 32.1. The summed E-state index contributed by atoms with van der Waals surface area (Å²) in [7, 11) is 2.05. The van der Waals surface area contributed by atoms with Crippen molar-refractivity contribution in [3.05, 3.63) is 11.6 Å². The summed E-state index contributed by atoms with van der Waals surface area (Å²) in [5, 5.41) is 12.7. The smallest absolute Gasteiger partial charge is 0.311 e. The molecule has 2 aliphatic heterocycles. The van der Waals surface area contributed by atoms with Crippen LogP contribution in [0.3, 0.4) is 0 Å². The van der Waals surface area contributed by atoms with E-state index in [-0.39, 0.29) is 6.04 Å². The van der Waals surface area contributed by atoms with Gasteiger partial charge in [0.2, 0.25) is 0 Å². The van der Waals surface area contributed by atoms with E-state index in [9.17, 15) is 9.90 Å². The van der Waals surface area contributed by atoms with Gasteiger partial charge in [0.05, 0.1) is 5.41 Å². The molecule has 1 N–H and O–H groups in total. The number of aromatic nitrogens is 1. The molecule has 0 unspecified atom stereocenters. The third-order valence-electron chi connectivity index (χ3n) is 4.64. The summed E-state index contributed by atoms with van der Waals surface area (Å²) in [6.07, 6.45) is 4.32. The standard InChI is InChI=1S/C13H19N3O2S/c1-15-6-2-3-13(11(17)18)4-7-16(9-10(13)15)12-14-5-8-19-12/h5,8,10H,2-4,6-7,9H2,1H3,(H,17,18)/t10-,13+/m1/s1. The minimum atomic E-state index is -0.622. The van der Waals surface area contributed by atoms with Crippen molar-refractivity contribution in [3.8, 4) is 0 Å². The maximum atomic E-state index is 11.8. The fourth-order valence-electron chi connectivity index (χ4n) is 3.53. The number of rotatable bonds is 2. The molecule has 3 heterocycles. The summed E-state index contributed by atoms with van der Waals surface area (Å²) < 4.78 is 0. The van der Waals surface area contributed by atoms with E-state index in [1.54, 1.807) is 11.3 Å². The van der Waals surface area contributed by atoms with Crippen molar-refractivity contribution < 1.29 is 9.90 Å². The lowest BCUT2D eigenvalue weighted by Gasteiger charge is -2.51. The summed E-state index contributed by atoms with van der Waals surface area (Å²) in [6, 6.07) is 0.0939. The van der Waals surface area contributed by atoms with E-state index in [0.29, 0.717) is 0 Å². The van der Waals surface area contributed by atoms with Crippen LogP contribution in [0.4, 0.5) is 5.13 Å². The zero-order chi connectivity index (χ0) is 13.5. The normalized spacial score (nSPS) is 32.1. The number of anilines is 1. The van der Waals surface area contributed by atoms with Crippen molar-refractivity contribution in [3.63, 3.8) is 0 Å². The summed E-state index contributed by atoms with van der Waals surface area (Å²) >= 11 is 1.63. The molecule has 104 valence electrons. The van der Waals surface area contributed by atoms with Crippen molar-refractivity contribution in [1.82, 2.24) is 9.88 Å². The van der Waals surface area contributed by atoms with E-state index in [1.165, 1.54) is 0 Å². The monoisotopic (exact) mass is 281 g/mol. The highest BCUT2D eigenvalue weighted by Crippen LogP contribution is 2.43. The number of thiazole rings is 1. The number of likely N-dealkylation sites (tertiary alicyclic amines) is 1. The lowest BCUT2D eigenvalue weighted by atomic mass is 9.68. The third-order valence-corrected chi connectivity index (χ3v) is 5.47. The molecule has 6 heteroatoms. The number of hydrogen-bond acceptors (Lipinski definition) is 5. The minimum Gasteiger partial charge on any atom is -0.481 e. The molecule has 0 bridgehead atoms. The van der Waals surface area contributed by atoms with Crippen LogP contribution in [-0.2, 0) is 4.79 Å². The van der Waals surface area contributed by atoms with E-state index < -0.39 is 11.4 Å². The largest absolute Gasteiger partial charge is 0.481 e. The average molecular weight is 281 g/mol. The number of nitrogens with zero attached hydrogens (tertiary/aromatic N) is 3. The molecule has 2 fully saturated rings. The number of aliphatic carboxylic acids is 1. The SMILES string of the molecule is CN1CCC[C@]2(C(=O)O)CCN(c3nccs3)C[C@@H]12. The van der Waals surface area contributed by atoms with Gasteiger partial charge in [-0.3, -0.25) is 4.79 Å². The van der Waals surface area contributed by atoms with Gasteiger partial charge in [0.15, 0.2) is 5.13 Å². The first kappa shape index (κ1) is 12.9. The Labute approximate surface area is 116 Å². The number of carboxylic acid groups (broad SMARTS) is 1. The van der Waals surface area contributed by atoms with Gasteiger partial charge in [-0.25, -0.2) is 4.98 Å². The van der Waals surface area contributed by atoms with Gasteiger partial charge in [0.1, 0.15) is 0 Å². The topological polar surface area (TPSA) is 56.7 Å². The summed E-state index contributed by atoms with van der Waals surface area (Å²) in [5.41, 5.74) is -0.555. The molecule has 0 amide bonds. The first-order valence-corrected chi connectivity index (χ1v) is 7.59. The zero-order valence-corrected chi connectivity index (χ0v) is 11.9. The second-order valence-electron chi connectivity index (χ2n) is 5.57. The second-order valence-corrected chi connectivity index (χ2v) is 6.44. The molecular formula is C13H19N3O2S. The first-order chi connectivity index (χ1) is 9.13. The van der Waals surface area contributed by atoms with Crippen LogP contribution in [0.2, 0.25) is 0 Å². The van der Waals surface area contributed by atoms with E-state index in [1.807, 2.05) is 18.6 Å². The highest BCUT2D eigenvalue weighted by molar-refractivity contribution is 7.13. The Balaban J connectivity index is 1.86. The van der Waals surface area contributed by atoms with Gasteiger partial charge in [-0.1, -0.05) is 0 Å². The first-order valence-electron chi connectivity index (χ1n) is 6.71. The Morgan fingerprint density at radius 2 is 2.37 bits per heavy atom. The molecule has 1 aromatic heterocycles. The van der Waals surface area contributed by atoms with Crippen molar-refractivity contribution in [1.29, 1.82) is 0 Å². The molecule has 0 aromatic carbocycles. The van der Waals surface area contributed by atoms with Gasteiger partial charge in [-0.05, 0) is 32.9 Å². The molecule has 0 saturated carbocycles. The van der Waals surface area contributed by atoms with Gasteiger partial charge >= 0.3 is 5.97 Å². The van der Waals surface area contributed by atoms with Crippen LogP contribution in [-0.4, -0.2) is 53.7 Å². The van der Waals surface area contributed by atoms with Gasteiger partial charge in [0, 0.05) is 30.7 Å². The third kappa shape index (κ3) is 2.03. The minimum absolute atomic E-state index is 0.0939. The van der Waals surface area contributed by atoms with Crippen molar-refractivity contribution in [2.24, 2.45) is 5.41 Å². The molecule has 2 atom stereocenters. The van der Waals surface area contributed by atoms with Crippen molar-refractivity contribution >= 4 is 22.4 Å². The van der Waals surface area contributed by atoms with E-state index >= 15 is 0 Å². The van der Waals surface area contributed by atoms with Crippen LogP contribution in [0.25, 0.3) is 0 Å². The molecule has 19 heavy (non-hydrogen) atoms. The number of hydrogen-bond donors (Lipinski definition) is 1. The van der Waals surface area contributed by atoms with Gasteiger partial charge in [-0.2, -0.15) is 0 Å². The molecule has 2 aliphatic rings. The number of likely N-dealkylation sites (N-methyl/N-ethyl adjacent to an activating group) is 1. The molecule has 0 radical (unpaired) electrons. The summed E-state index contributed by atoms with van der Waals surface area (Å²) in [4.78, 5) is 20.6. The predicted octanol–water partition coefficient (Wildman–Crippen LogP) is 1.52. The molecule has 0 aliphatic carbocycles. The van der Waals surface area contributed by atoms with Gasteiger partial charge in [-0.15, -0.1) is 11.3 Å². The Kier molecular flexibility index (Phi) is 3.22. The quantitative estimate of drug-likeness (QED) is 0.890. The molecule has 5 nitrogen and oxygen atoms in total. The second kappa shape index (κ2) is 4.76. The Morgan fingerprint density at radius 1 is 1.53 bits per heavy atom. The molecule has 0 spiro atoms. The fraction of sp³-hybridized carbons (Fsp3) is 0.692. The fourth-order valence-corrected chi connectivity index (χ4v) is 4.21. The van der Waals surface area contributed by atoms with Gasteiger partial charge < -0.3 is 14.9 Å². The number of piperidine rings is 2. The zero-order valence-electron chi connectivity index (χ0n) is 11.1. The van der Waals surface area contributed by atoms with E-state index in [4.69, 9.17) is 0 Å². The highest BCUT2D eigenvalue weighted by Gasteiger charge is 2.52. The lowest BCUT2D eigenvalue weighted by molar-refractivity contribution is -0.158. The van der Waals surface area contributed by atoms with Crippen LogP contribution in [0, 0.1) is 5.41 Å². The maximum absolute atomic E-state index is 11.8. The van der Waals surface area contributed by atoms with Crippen LogP contribution in [0.5, 0.6) is 0 Å². The Morgan fingerprint density at radius 3 is 3.05 bits per heavy atom.